The van der Waals surface area contributed by atoms with Crippen LogP contribution in [-0.2, 0) is 4.74 Å². The summed E-state index contributed by atoms with van der Waals surface area (Å²) in [6, 6.07) is 12.1. The van der Waals surface area contributed by atoms with Gasteiger partial charge in [-0.2, -0.15) is 0 Å². The lowest BCUT2D eigenvalue weighted by Crippen LogP contribution is -2.32. The molecule has 7 heteroatoms. The number of fused-ring (bicyclic) bond motifs is 2. The number of nitrogens with zero attached hydrogens (tertiary/aromatic N) is 1. The number of nitrogens with one attached hydrogen (secondary N) is 2. The minimum Gasteiger partial charge on any atom is -0.454 e. The van der Waals surface area contributed by atoms with Gasteiger partial charge in [-0.05, 0) is 37.3 Å². The van der Waals surface area contributed by atoms with Crippen LogP contribution in [0.3, 0.4) is 0 Å². The van der Waals surface area contributed by atoms with Gasteiger partial charge in [-0.3, -0.25) is 4.79 Å². The van der Waals surface area contributed by atoms with Crippen LogP contribution in [0, 0.1) is 0 Å². The minimum absolute atomic E-state index is 0.170. The summed E-state index contributed by atoms with van der Waals surface area (Å²) in [5.41, 5.74) is 1.64. The van der Waals surface area contributed by atoms with Gasteiger partial charge >= 0.3 is 6.03 Å². The monoisotopic (exact) mass is 355 g/mol. The molecule has 1 aliphatic heterocycles. The van der Waals surface area contributed by atoms with Gasteiger partial charge in [0.2, 0.25) is 0 Å². The maximum absolute atomic E-state index is 13.0. The van der Waals surface area contributed by atoms with Gasteiger partial charge in [-0.15, -0.1) is 0 Å². The Morgan fingerprint density at radius 2 is 2.00 bits per heavy atom. The molecule has 3 amide bonds. The average Bonchev–Trinajstić information content (AvgIpc) is 2.76. The second-order valence-electron chi connectivity index (χ2n) is 5.70. The first-order valence-corrected chi connectivity index (χ1v) is 8.40. The summed E-state index contributed by atoms with van der Waals surface area (Å²) in [7, 11) is 1.56. The summed E-state index contributed by atoms with van der Waals surface area (Å²) >= 11 is 0. The van der Waals surface area contributed by atoms with Crippen molar-refractivity contribution < 1.29 is 19.1 Å². The molecule has 3 rings (SSSR count). The fourth-order valence-corrected chi connectivity index (χ4v) is 2.76. The highest BCUT2D eigenvalue weighted by Crippen LogP contribution is 2.39. The predicted molar refractivity (Wildman–Crippen MR) is 99.2 cm³/mol. The molecule has 0 atom stereocenters. The third-order valence-electron chi connectivity index (χ3n) is 4.00. The molecule has 0 bridgehead atoms. The fourth-order valence-electron chi connectivity index (χ4n) is 2.76. The summed E-state index contributed by atoms with van der Waals surface area (Å²) in [6.45, 7) is 3.24. The lowest BCUT2D eigenvalue weighted by molar-refractivity contribution is 0.0988. The molecule has 2 N–H and O–H groups in total. The van der Waals surface area contributed by atoms with Crippen LogP contribution in [-0.4, -0.2) is 38.7 Å². The van der Waals surface area contributed by atoms with Crippen LogP contribution < -0.4 is 20.3 Å². The Hall–Kier alpha value is -3.06. The standard InChI is InChI=1S/C19H21N3O4/c1-3-22-15-6-4-5-7-17(15)26-16-9-8-13(12-14(16)18(22)23)21-19(24)20-10-11-25-2/h4-9,12H,3,10-11H2,1-2H3,(H2,20,21,24). The van der Waals surface area contributed by atoms with E-state index in [1.54, 1.807) is 30.2 Å². The zero-order valence-corrected chi connectivity index (χ0v) is 14.7. The van der Waals surface area contributed by atoms with Crippen molar-refractivity contribution in [1.82, 2.24) is 5.32 Å². The van der Waals surface area contributed by atoms with Crippen molar-refractivity contribution in [2.45, 2.75) is 6.92 Å². The first-order chi connectivity index (χ1) is 12.6. The van der Waals surface area contributed by atoms with E-state index < -0.39 is 0 Å². The van der Waals surface area contributed by atoms with Gasteiger partial charge < -0.3 is 25.0 Å². The number of para-hydroxylation sites is 2. The number of anilines is 2. The molecule has 0 aromatic heterocycles. The van der Waals surface area contributed by atoms with Gasteiger partial charge in [-0.1, -0.05) is 12.1 Å². The first kappa shape index (κ1) is 17.8. The van der Waals surface area contributed by atoms with Crippen molar-refractivity contribution in [3.63, 3.8) is 0 Å². The van der Waals surface area contributed by atoms with Crippen molar-refractivity contribution in [2.24, 2.45) is 0 Å². The van der Waals surface area contributed by atoms with Crippen LogP contribution in [0.2, 0.25) is 0 Å². The van der Waals surface area contributed by atoms with E-state index in [2.05, 4.69) is 10.6 Å². The van der Waals surface area contributed by atoms with E-state index >= 15 is 0 Å². The van der Waals surface area contributed by atoms with Crippen LogP contribution in [0.25, 0.3) is 0 Å². The van der Waals surface area contributed by atoms with E-state index in [-0.39, 0.29) is 11.9 Å². The molecule has 26 heavy (non-hydrogen) atoms. The summed E-state index contributed by atoms with van der Waals surface area (Å²) in [4.78, 5) is 26.5. The molecule has 0 saturated carbocycles. The number of ether oxygens (including phenoxy) is 2. The lowest BCUT2D eigenvalue weighted by atomic mass is 10.1. The normalized spacial score (nSPS) is 12.5. The van der Waals surface area contributed by atoms with Crippen molar-refractivity contribution in [3.05, 3.63) is 48.0 Å². The summed E-state index contributed by atoms with van der Waals surface area (Å²) in [5, 5.41) is 5.38. The molecule has 0 fully saturated rings. The SMILES string of the molecule is CCN1C(=O)c2cc(NC(=O)NCCOC)ccc2Oc2ccccc21. The molecule has 1 heterocycles. The first-order valence-electron chi connectivity index (χ1n) is 8.40. The molecule has 0 aliphatic carbocycles. The number of methoxy groups -OCH3 is 1. The number of urea groups is 1. The van der Waals surface area contributed by atoms with E-state index in [0.29, 0.717) is 42.4 Å². The largest absolute Gasteiger partial charge is 0.454 e. The lowest BCUT2D eigenvalue weighted by Gasteiger charge is -2.19. The number of benzene rings is 2. The van der Waals surface area contributed by atoms with Gasteiger partial charge in [0.05, 0.1) is 17.9 Å². The Labute approximate surface area is 151 Å². The maximum Gasteiger partial charge on any atom is 0.319 e. The topological polar surface area (TPSA) is 79.9 Å². The quantitative estimate of drug-likeness (QED) is 0.807. The van der Waals surface area contributed by atoms with Crippen molar-refractivity contribution in [1.29, 1.82) is 0 Å². The molecular formula is C19H21N3O4. The smallest absolute Gasteiger partial charge is 0.319 e. The number of carbonyl (C=O) groups is 2. The van der Waals surface area contributed by atoms with Crippen molar-refractivity contribution in [2.75, 3.05) is 37.0 Å². The fraction of sp³-hybridized carbons (Fsp3) is 0.263. The van der Waals surface area contributed by atoms with E-state index in [4.69, 9.17) is 9.47 Å². The number of hydrogen-bond acceptors (Lipinski definition) is 4. The molecule has 0 spiro atoms. The third kappa shape index (κ3) is 3.62. The second-order valence-corrected chi connectivity index (χ2v) is 5.70. The van der Waals surface area contributed by atoms with Gasteiger partial charge in [0, 0.05) is 25.9 Å². The van der Waals surface area contributed by atoms with E-state index in [1.807, 2.05) is 31.2 Å². The Kier molecular flexibility index (Phi) is 5.38. The van der Waals surface area contributed by atoms with Crippen LogP contribution in [0.1, 0.15) is 17.3 Å². The van der Waals surface area contributed by atoms with Crippen molar-refractivity contribution in [3.8, 4) is 11.5 Å². The number of hydrogen-bond donors (Lipinski definition) is 2. The molecule has 0 radical (unpaired) electrons. The minimum atomic E-state index is -0.361. The maximum atomic E-state index is 13.0. The molecule has 0 unspecified atom stereocenters. The summed E-state index contributed by atoms with van der Waals surface area (Å²) in [5.74, 6) is 0.916. The van der Waals surface area contributed by atoms with Crippen LogP contribution in [0.15, 0.2) is 42.5 Å². The van der Waals surface area contributed by atoms with E-state index in [0.717, 1.165) is 5.69 Å². The van der Waals surface area contributed by atoms with E-state index in [9.17, 15) is 9.59 Å². The van der Waals surface area contributed by atoms with E-state index in [1.165, 1.54) is 0 Å². The highest BCUT2D eigenvalue weighted by molar-refractivity contribution is 6.10. The molecule has 0 saturated heterocycles. The summed E-state index contributed by atoms with van der Waals surface area (Å²) < 4.78 is 10.8. The third-order valence-corrected chi connectivity index (χ3v) is 4.00. The highest BCUT2D eigenvalue weighted by atomic mass is 16.5. The molecule has 2 aromatic carbocycles. The Balaban J connectivity index is 1.86. The molecule has 136 valence electrons. The van der Waals surface area contributed by atoms with Gasteiger partial charge in [0.25, 0.3) is 5.91 Å². The van der Waals surface area contributed by atoms with Gasteiger partial charge in [0.15, 0.2) is 5.75 Å². The van der Waals surface area contributed by atoms with Crippen LogP contribution in [0.4, 0.5) is 16.2 Å². The number of carbonyl (C=O) groups excluding carboxylic acids is 2. The molecule has 1 aliphatic rings. The molecule has 7 nitrogen and oxygen atoms in total. The van der Waals surface area contributed by atoms with Gasteiger partial charge in [-0.25, -0.2) is 4.79 Å². The van der Waals surface area contributed by atoms with Crippen molar-refractivity contribution >= 4 is 23.3 Å². The molecule has 2 aromatic rings. The Bertz CT molecular complexity index is 822. The van der Waals surface area contributed by atoms with Gasteiger partial charge in [0.1, 0.15) is 5.75 Å². The Morgan fingerprint density at radius 1 is 1.19 bits per heavy atom. The Morgan fingerprint density at radius 3 is 2.77 bits per heavy atom. The van der Waals surface area contributed by atoms with Crippen LogP contribution >= 0.6 is 0 Å². The predicted octanol–water partition coefficient (Wildman–Crippen LogP) is 3.23. The highest BCUT2D eigenvalue weighted by Gasteiger charge is 2.27. The average molecular weight is 355 g/mol. The summed E-state index contributed by atoms with van der Waals surface area (Å²) in [6.07, 6.45) is 0. The van der Waals surface area contributed by atoms with Crippen LogP contribution in [0.5, 0.6) is 11.5 Å². The number of rotatable bonds is 5. The number of amides is 3. The second kappa shape index (κ2) is 7.88. The zero-order valence-electron chi connectivity index (χ0n) is 14.7. The molecular weight excluding hydrogens is 334 g/mol. The zero-order chi connectivity index (χ0) is 18.5.